The van der Waals surface area contributed by atoms with Crippen molar-refractivity contribution in [3.05, 3.63) is 65.2 Å². The quantitative estimate of drug-likeness (QED) is 0.691. The van der Waals surface area contributed by atoms with Crippen molar-refractivity contribution in [1.29, 1.82) is 0 Å². The van der Waals surface area contributed by atoms with Gasteiger partial charge < -0.3 is 9.47 Å². The molecule has 0 bridgehead atoms. The predicted molar refractivity (Wildman–Crippen MR) is 99.8 cm³/mol. The van der Waals surface area contributed by atoms with E-state index in [2.05, 4.69) is 15.6 Å². The summed E-state index contributed by atoms with van der Waals surface area (Å²) < 4.78 is 15.6. The Kier molecular flexibility index (Phi) is 4.23. The fraction of sp³-hybridized carbons (Fsp3) is 0.333. The summed E-state index contributed by atoms with van der Waals surface area (Å²) in [6, 6.07) is 10.9. The number of hydrogen-bond acceptors (Lipinski definition) is 2. The highest BCUT2D eigenvalue weighted by molar-refractivity contribution is 5.94. The van der Waals surface area contributed by atoms with E-state index in [9.17, 15) is 9.18 Å². The van der Waals surface area contributed by atoms with Gasteiger partial charge in [-0.2, -0.15) is 0 Å². The Labute approximate surface area is 152 Å². The molecule has 0 atom stereocenters. The van der Waals surface area contributed by atoms with Crippen LogP contribution in [0.15, 0.2) is 42.7 Å². The molecule has 0 spiro atoms. The second-order valence-electron chi connectivity index (χ2n) is 7.18. The molecule has 1 amide bonds. The number of halogens is 1. The SMILES string of the molecule is Cc1cc(C)cc(C(=O)N2CCC(n3cnc4ccc(F)cc43)CC2)c1. The number of fused-ring (bicyclic) bond motifs is 1. The molecule has 5 heteroatoms. The molecule has 1 aliphatic rings. The summed E-state index contributed by atoms with van der Waals surface area (Å²) >= 11 is 0. The van der Waals surface area contributed by atoms with E-state index in [0.717, 1.165) is 40.6 Å². The van der Waals surface area contributed by atoms with Crippen LogP contribution in [0.2, 0.25) is 0 Å². The predicted octanol–water partition coefficient (Wildman–Crippen LogP) is 4.27. The van der Waals surface area contributed by atoms with Gasteiger partial charge in [-0.15, -0.1) is 0 Å². The molecule has 0 unspecified atom stereocenters. The molecule has 1 aromatic heterocycles. The summed E-state index contributed by atoms with van der Waals surface area (Å²) in [5.41, 5.74) is 4.60. The van der Waals surface area contributed by atoms with Crippen LogP contribution in [0.4, 0.5) is 4.39 Å². The number of amides is 1. The second kappa shape index (κ2) is 6.56. The molecule has 0 saturated carbocycles. The molecule has 0 aliphatic carbocycles. The second-order valence-corrected chi connectivity index (χ2v) is 7.18. The third-order valence-corrected chi connectivity index (χ3v) is 5.15. The summed E-state index contributed by atoms with van der Waals surface area (Å²) in [7, 11) is 0. The van der Waals surface area contributed by atoms with Crippen molar-refractivity contribution >= 4 is 16.9 Å². The highest BCUT2D eigenvalue weighted by Gasteiger charge is 2.25. The molecule has 4 nitrogen and oxygen atoms in total. The Hall–Kier alpha value is -2.69. The van der Waals surface area contributed by atoms with Crippen LogP contribution >= 0.6 is 0 Å². The van der Waals surface area contributed by atoms with E-state index in [1.54, 1.807) is 12.4 Å². The number of piperidine rings is 1. The molecular formula is C21H22FN3O. The first-order chi connectivity index (χ1) is 12.5. The maximum atomic E-state index is 13.6. The van der Waals surface area contributed by atoms with Crippen LogP contribution in [-0.4, -0.2) is 33.4 Å². The van der Waals surface area contributed by atoms with Crippen molar-refractivity contribution in [1.82, 2.24) is 14.5 Å². The van der Waals surface area contributed by atoms with Gasteiger partial charge in [-0.3, -0.25) is 4.79 Å². The van der Waals surface area contributed by atoms with E-state index in [1.807, 2.05) is 30.9 Å². The Balaban J connectivity index is 1.50. The number of imidazole rings is 1. The fourth-order valence-electron chi connectivity index (χ4n) is 3.92. The first-order valence-electron chi connectivity index (χ1n) is 9.01. The highest BCUT2D eigenvalue weighted by atomic mass is 19.1. The molecule has 2 heterocycles. The van der Waals surface area contributed by atoms with Crippen LogP contribution in [-0.2, 0) is 0 Å². The summed E-state index contributed by atoms with van der Waals surface area (Å²) in [5.74, 6) is -0.154. The minimum absolute atomic E-state index is 0.0942. The van der Waals surface area contributed by atoms with Gasteiger partial charge in [0.1, 0.15) is 5.82 Å². The largest absolute Gasteiger partial charge is 0.338 e. The van der Waals surface area contributed by atoms with Crippen molar-refractivity contribution in [2.45, 2.75) is 32.7 Å². The minimum atomic E-state index is -0.248. The van der Waals surface area contributed by atoms with Crippen molar-refractivity contribution < 1.29 is 9.18 Å². The van der Waals surface area contributed by atoms with Crippen LogP contribution in [0.25, 0.3) is 11.0 Å². The van der Waals surface area contributed by atoms with Crippen molar-refractivity contribution in [3.63, 3.8) is 0 Å². The van der Waals surface area contributed by atoms with Crippen LogP contribution in [0.1, 0.15) is 40.4 Å². The standard InChI is InChI=1S/C21H22FN3O/c1-14-9-15(2)11-16(10-14)21(26)24-7-5-18(6-8-24)25-13-23-19-4-3-17(22)12-20(19)25/h3-4,9-13,18H,5-8H2,1-2H3. The van der Waals surface area contributed by atoms with Gasteiger partial charge in [0, 0.05) is 24.7 Å². The smallest absolute Gasteiger partial charge is 0.253 e. The fourth-order valence-corrected chi connectivity index (χ4v) is 3.92. The van der Waals surface area contributed by atoms with Gasteiger partial charge in [-0.05, 0) is 57.0 Å². The lowest BCUT2D eigenvalue weighted by molar-refractivity contribution is 0.0696. The maximum absolute atomic E-state index is 13.6. The Morgan fingerprint density at radius 1 is 1.08 bits per heavy atom. The Morgan fingerprint density at radius 3 is 2.46 bits per heavy atom. The summed E-state index contributed by atoms with van der Waals surface area (Å²) in [6.07, 6.45) is 3.48. The number of hydrogen-bond donors (Lipinski definition) is 0. The zero-order valence-corrected chi connectivity index (χ0v) is 15.1. The van der Waals surface area contributed by atoms with Gasteiger partial charge in [-0.25, -0.2) is 9.37 Å². The number of aromatic nitrogens is 2. The van der Waals surface area contributed by atoms with Gasteiger partial charge in [0.2, 0.25) is 0 Å². The van der Waals surface area contributed by atoms with Gasteiger partial charge in [0.25, 0.3) is 5.91 Å². The molecule has 26 heavy (non-hydrogen) atoms. The molecule has 3 aromatic rings. The number of likely N-dealkylation sites (tertiary alicyclic amines) is 1. The van der Waals surface area contributed by atoms with E-state index in [1.165, 1.54) is 12.1 Å². The lowest BCUT2D eigenvalue weighted by Crippen LogP contribution is -2.39. The molecule has 0 radical (unpaired) electrons. The molecule has 0 N–H and O–H groups in total. The molecule has 4 rings (SSSR count). The third kappa shape index (κ3) is 3.09. The van der Waals surface area contributed by atoms with Crippen molar-refractivity contribution in [3.8, 4) is 0 Å². The first kappa shape index (κ1) is 16.8. The van der Waals surface area contributed by atoms with E-state index in [-0.39, 0.29) is 17.8 Å². The summed E-state index contributed by atoms with van der Waals surface area (Å²) in [6.45, 7) is 5.43. The molecule has 134 valence electrons. The number of carbonyl (C=O) groups excluding carboxylic acids is 1. The van der Waals surface area contributed by atoms with E-state index in [0.29, 0.717) is 13.1 Å². The molecule has 1 fully saturated rings. The average molecular weight is 351 g/mol. The van der Waals surface area contributed by atoms with Crippen molar-refractivity contribution in [2.75, 3.05) is 13.1 Å². The highest BCUT2D eigenvalue weighted by Crippen LogP contribution is 2.28. The van der Waals surface area contributed by atoms with E-state index < -0.39 is 0 Å². The summed E-state index contributed by atoms with van der Waals surface area (Å²) in [5, 5.41) is 0. The lowest BCUT2D eigenvalue weighted by atomic mass is 10.0. The van der Waals surface area contributed by atoms with Crippen molar-refractivity contribution in [2.24, 2.45) is 0 Å². The normalized spacial score (nSPS) is 15.6. The van der Waals surface area contributed by atoms with Gasteiger partial charge in [0.05, 0.1) is 17.4 Å². The Bertz CT molecular complexity index is 950. The zero-order valence-electron chi connectivity index (χ0n) is 15.1. The first-order valence-corrected chi connectivity index (χ1v) is 9.01. The Morgan fingerprint density at radius 2 is 1.77 bits per heavy atom. The van der Waals surface area contributed by atoms with E-state index in [4.69, 9.17) is 0 Å². The zero-order chi connectivity index (χ0) is 18.3. The van der Waals surface area contributed by atoms with Gasteiger partial charge in [0.15, 0.2) is 0 Å². The number of carbonyl (C=O) groups is 1. The average Bonchev–Trinajstić information content (AvgIpc) is 3.03. The molecule has 2 aromatic carbocycles. The lowest BCUT2D eigenvalue weighted by Gasteiger charge is -2.33. The van der Waals surface area contributed by atoms with Crippen LogP contribution < -0.4 is 0 Å². The topological polar surface area (TPSA) is 38.1 Å². The van der Waals surface area contributed by atoms with Gasteiger partial charge >= 0.3 is 0 Å². The van der Waals surface area contributed by atoms with Crippen LogP contribution in [0, 0.1) is 19.7 Å². The van der Waals surface area contributed by atoms with E-state index >= 15 is 0 Å². The minimum Gasteiger partial charge on any atom is -0.338 e. The number of benzene rings is 2. The number of nitrogens with zero attached hydrogens (tertiary/aromatic N) is 3. The molecule has 1 saturated heterocycles. The molecule has 1 aliphatic heterocycles. The third-order valence-electron chi connectivity index (χ3n) is 5.15. The van der Waals surface area contributed by atoms with Crippen LogP contribution in [0.5, 0.6) is 0 Å². The van der Waals surface area contributed by atoms with Gasteiger partial charge in [-0.1, -0.05) is 17.2 Å². The monoisotopic (exact) mass is 351 g/mol. The number of rotatable bonds is 2. The maximum Gasteiger partial charge on any atom is 0.253 e. The molecular weight excluding hydrogens is 329 g/mol. The van der Waals surface area contributed by atoms with Crippen LogP contribution in [0.3, 0.4) is 0 Å². The number of aryl methyl sites for hydroxylation is 2. The summed E-state index contributed by atoms with van der Waals surface area (Å²) in [4.78, 5) is 19.1.